The fourth-order valence-corrected chi connectivity index (χ4v) is 2.14. The first-order chi connectivity index (χ1) is 9.13. The van der Waals surface area contributed by atoms with E-state index in [-0.39, 0.29) is 0 Å². The Kier molecular flexibility index (Phi) is 4.22. The Morgan fingerprint density at radius 3 is 2.74 bits per heavy atom. The Morgan fingerprint density at radius 2 is 2.16 bits per heavy atom. The van der Waals surface area contributed by atoms with Gasteiger partial charge in [-0.05, 0) is 23.1 Å². The van der Waals surface area contributed by atoms with E-state index in [1.165, 1.54) is 11.1 Å². The topological polar surface area (TPSA) is 63.9 Å². The van der Waals surface area contributed by atoms with Crippen molar-refractivity contribution >= 4 is 0 Å². The van der Waals surface area contributed by atoms with Crippen LogP contribution in [0.3, 0.4) is 0 Å². The summed E-state index contributed by atoms with van der Waals surface area (Å²) in [4.78, 5) is 7.55. The highest BCUT2D eigenvalue weighted by Gasteiger charge is 2.09. The standard InChI is InChI=1S/C15H21N3O/c1-10(2)13-6-11(4-5-14(13)19-3)7-15-17-9-12(8-16)18-15/h4-6,9-10H,7-8,16H2,1-3H3,(H,17,18). The third-order valence-electron chi connectivity index (χ3n) is 3.19. The van der Waals surface area contributed by atoms with Crippen molar-refractivity contribution in [3.8, 4) is 5.75 Å². The Labute approximate surface area is 114 Å². The van der Waals surface area contributed by atoms with Crippen molar-refractivity contribution in [3.05, 3.63) is 47.0 Å². The Balaban J connectivity index is 2.23. The van der Waals surface area contributed by atoms with Crippen LogP contribution >= 0.6 is 0 Å². The smallest absolute Gasteiger partial charge is 0.122 e. The molecule has 0 amide bonds. The molecule has 1 aromatic carbocycles. The number of aromatic amines is 1. The maximum absolute atomic E-state index is 5.57. The molecule has 2 aromatic rings. The molecule has 4 heteroatoms. The third-order valence-corrected chi connectivity index (χ3v) is 3.19. The Morgan fingerprint density at radius 1 is 1.37 bits per heavy atom. The van der Waals surface area contributed by atoms with E-state index in [1.54, 1.807) is 13.3 Å². The van der Waals surface area contributed by atoms with E-state index in [1.807, 2.05) is 6.07 Å². The van der Waals surface area contributed by atoms with Crippen molar-refractivity contribution in [2.24, 2.45) is 5.73 Å². The molecule has 1 heterocycles. The molecule has 0 saturated carbocycles. The lowest BCUT2D eigenvalue weighted by atomic mass is 9.98. The SMILES string of the molecule is COc1ccc(Cc2ncc(CN)[nH]2)cc1C(C)C. The van der Waals surface area contributed by atoms with E-state index in [2.05, 4.69) is 35.9 Å². The highest BCUT2D eigenvalue weighted by atomic mass is 16.5. The van der Waals surface area contributed by atoms with Crippen LogP contribution in [0.15, 0.2) is 24.4 Å². The van der Waals surface area contributed by atoms with Crippen molar-refractivity contribution in [1.29, 1.82) is 0 Å². The first kappa shape index (κ1) is 13.6. The van der Waals surface area contributed by atoms with Gasteiger partial charge in [-0.3, -0.25) is 0 Å². The van der Waals surface area contributed by atoms with E-state index in [4.69, 9.17) is 10.5 Å². The number of imidazole rings is 1. The first-order valence-electron chi connectivity index (χ1n) is 6.53. The Bertz CT molecular complexity index is 546. The second-order valence-electron chi connectivity index (χ2n) is 4.97. The molecular weight excluding hydrogens is 238 g/mol. The van der Waals surface area contributed by atoms with E-state index in [0.29, 0.717) is 12.5 Å². The highest BCUT2D eigenvalue weighted by molar-refractivity contribution is 5.40. The quantitative estimate of drug-likeness (QED) is 0.867. The van der Waals surface area contributed by atoms with Gasteiger partial charge in [0.15, 0.2) is 0 Å². The monoisotopic (exact) mass is 259 g/mol. The number of nitrogens with two attached hydrogens (primary N) is 1. The van der Waals surface area contributed by atoms with Gasteiger partial charge in [0.1, 0.15) is 11.6 Å². The number of aromatic nitrogens is 2. The fraction of sp³-hybridized carbons (Fsp3) is 0.400. The second-order valence-corrected chi connectivity index (χ2v) is 4.97. The lowest BCUT2D eigenvalue weighted by Gasteiger charge is -2.13. The van der Waals surface area contributed by atoms with Crippen molar-refractivity contribution in [3.63, 3.8) is 0 Å². The summed E-state index contributed by atoms with van der Waals surface area (Å²) in [5, 5.41) is 0. The molecule has 2 rings (SSSR count). The van der Waals surface area contributed by atoms with Gasteiger partial charge in [-0.2, -0.15) is 0 Å². The van der Waals surface area contributed by atoms with Gasteiger partial charge in [0.05, 0.1) is 7.11 Å². The lowest BCUT2D eigenvalue weighted by Crippen LogP contribution is -1.99. The van der Waals surface area contributed by atoms with E-state index >= 15 is 0 Å². The molecule has 0 saturated heterocycles. The van der Waals surface area contributed by atoms with Gasteiger partial charge in [-0.15, -0.1) is 0 Å². The number of hydrogen-bond donors (Lipinski definition) is 2. The summed E-state index contributed by atoms with van der Waals surface area (Å²) in [6.45, 7) is 4.83. The molecule has 0 aliphatic heterocycles. The molecule has 19 heavy (non-hydrogen) atoms. The minimum absolute atomic E-state index is 0.436. The number of methoxy groups -OCH3 is 1. The normalized spacial score (nSPS) is 11.0. The number of H-pyrrole nitrogens is 1. The third kappa shape index (κ3) is 3.15. The molecule has 0 radical (unpaired) electrons. The maximum atomic E-state index is 5.57. The van der Waals surface area contributed by atoms with Gasteiger partial charge >= 0.3 is 0 Å². The van der Waals surface area contributed by atoms with Crippen LogP contribution < -0.4 is 10.5 Å². The Hall–Kier alpha value is -1.81. The van der Waals surface area contributed by atoms with Gasteiger partial charge in [0.2, 0.25) is 0 Å². The average molecular weight is 259 g/mol. The summed E-state index contributed by atoms with van der Waals surface area (Å²) < 4.78 is 5.39. The van der Waals surface area contributed by atoms with Crippen LogP contribution in [0.1, 0.15) is 42.4 Å². The van der Waals surface area contributed by atoms with Gasteiger partial charge < -0.3 is 15.5 Å². The molecule has 1 aromatic heterocycles. The van der Waals surface area contributed by atoms with Crippen LogP contribution in [0.5, 0.6) is 5.75 Å². The average Bonchev–Trinajstić information content (AvgIpc) is 2.86. The molecule has 3 N–H and O–H groups in total. The first-order valence-corrected chi connectivity index (χ1v) is 6.53. The number of benzene rings is 1. The summed E-state index contributed by atoms with van der Waals surface area (Å²) >= 11 is 0. The van der Waals surface area contributed by atoms with Crippen LogP contribution in [0, 0.1) is 0 Å². The largest absolute Gasteiger partial charge is 0.496 e. The zero-order chi connectivity index (χ0) is 13.8. The molecule has 0 aliphatic rings. The van der Waals surface area contributed by atoms with Crippen molar-refractivity contribution in [1.82, 2.24) is 9.97 Å². The summed E-state index contributed by atoms with van der Waals surface area (Å²) in [5.74, 6) is 2.33. The van der Waals surface area contributed by atoms with Gasteiger partial charge in [-0.1, -0.05) is 26.0 Å². The van der Waals surface area contributed by atoms with E-state index < -0.39 is 0 Å². The second kappa shape index (κ2) is 5.89. The predicted octanol–water partition coefficient (Wildman–Crippen LogP) is 2.59. The number of rotatable bonds is 5. The molecule has 0 bridgehead atoms. The van der Waals surface area contributed by atoms with Crippen molar-refractivity contribution in [2.75, 3.05) is 7.11 Å². The number of ether oxygens (including phenoxy) is 1. The minimum Gasteiger partial charge on any atom is -0.496 e. The molecule has 0 fully saturated rings. The number of nitrogens with zero attached hydrogens (tertiary/aromatic N) is 1. The molecule has 0 atom stereocenters. The molecule has 0 spiro atoms. The summed E-state index contributed by atoms with van der Waals surface area (Å²) in [5.41, 5.74) is 8.99. The molecule has 0 unspecified atom stereocenters. The molecule has 102 valence electrons. The fourth-order valence-electron chi connectivity index (χ4n) is 2.14. The summed E-state index contributed by atoms with van der Waals surface area (Å²) in [6, 6.07) is 6.29. The highest BCUT2D eigenvalue weighted by Crippen LogP contribution is 2.27. The van der Waals surface area contributed by atoms with Crippen molar-refractivity contribution < 1.29 is 4.74 Å². The van der Waals surface area contributed by atoms with Gasteiger partial charge in [-0.25, -0.2) is 4.98 Å². The van der Waals surface area contributed by atoms with Crippen LogP contribution in [-0.2, 0) is 13.0 Å². The van der Waals surface area contributed by atoms with Crippen molar-refractivity contribution in [2.45, 2.75) is 32.7 Å². The number of nitrogens with one attached hydrogen (secondary N) is 1. The van der Waals surface area contributed by atoms with E-state index in [0.717, 1.165) is 23.7 Å². The summed E-state index contributed by atoms with van der Waals surface area (Å²) in [7, 11) is 1.71. The summed E-state index contributed by atoms with van der Waals surface area (Å²) in [6.07, 6.45) is 2.58. The molecule has 0 aliphatic carbocycles. The van der Waals surface area contributed by atoms with Gasteiger partial charge in [0, 0.05) is 24.9 Å². The predicted molar refractivity (Wildman–Crippen MR) is 76.4 cm³/mol. The minimum atomic E-state index is 0.436. The van der Waals surface area contributed by atoms with Crippen LogP contribution in [0.4, 0.5) is 0 Å². The maximum Gasteiger partial charge on any atom is 0.122 e. The lowest BCUT2D eigenvalue weighted by molar-refractivity contribution is 0.407. The molecule has 4 nitrogen and oxygen atoms in total. The van der Waals surface area contributed by atoms with E-state index in [9.17, 15) is 0 Å². The zero-order valence-electron chi connectivity index (χ0n) is 11.7. The molecular formula is C15H21N3O. The zero-order valence-corrected chi connectivity index (χ0v) is 11.7. The number of hydrogen-bond acceptors (Lipinski definition) is 3. The van der Waals surface area contributed by atoms with Crippen LogP contribution in [0.25, 0.3) is 0 Å². The van der Waals surface area contributed by atoms with Crippen LogP contribution in [0.2, 0.25) is 0 Å². The van der Waals surface area contributed by atoms with Gasteiger partial charge in [0.25, 0.3) is 0 Å². The van der Waals surface area contributed by atoms with Crippen LogP contribution in [-0.4, -0.2) is 17.1 Å².